The summed E-state index contributed by atoms with van der Waals surface area (Å²) in [5.41, 5.74) is 3.41. The molecule has 0 spiro atoms. The Hall–Kier alpha value is -1.43. The fourth-order valence-electron chi connectivity index (χ4n) is 3.41. The highest BCUT2D eigenvalue weighted by atomic mass is 32.1. The first-order valence-electron chi connectivity index (χ1n) is 7.88. The molecule has 1 aromatic heterocycles. The van der Waals surface area contributed by atoms with Gasteiger partial charge in [0.15, 0.2) is 11.6 Å². The van der Waals surface area contributed by atoms with Crippen molar-refractivity contribution in [3.8, 4) is 10.4 Å². The standard InChI is InChI=1S/C19H20O3S2/c1-11(20)16-14-8-19(2,3)9-15(21)17(14)24-18(16)13-7-5-4-6-12(13)10-22-23/h4-7,23H,8-10H2,1-3H3. The maximum Gasteiger partial charge on any atom is 0.173 e. The average molecular weight is 361 g/mol. The summed E-state index contributed by atoms with van der Waals surface area (Å²) in [6, 6.07) is 7.80. The molecule has 1 aliphatic rings. The van der Waals surface area contributed by atoms with Gasteiger partial charge >= 0.3 is 0 Å². The lowest BCUT2D eigenvalue weighted by Gasteiger charge is -2.28. The Kier molecular flexibility index (Phi) is 4.69. The topological polar surface area (TPSA) is 43.4 Å². The van der Waals surface area contributed by atoms with Gasteiger partial charge in [-0.05, 0) is 48.4 Å². The van der Waals surface area contributed by atoms with Crippen LogP contribution >= 0.6 is 24.2 Å². The molecule has 0 radical (unpaired) electrons. The van der Waals surface area contributed by atoms with Crippen molar-refractivity contribution in [3.63, 3.8) is 0 Å². The Morgan fingerprint density at radius 2 is 1.96 bits per heavy atom. The third-order valence-corrected chi connectivity index (χ3v) is 5.82. The van der Waals surface area contributed by atoms with Crippen LogP contribution in [0.5, 0.6) is 0 Å². The molecule has 126 valence electrons. The number of hydrogen-bond donors (Lipinski definition) is 1. The lowest BCUT2D eigenvalue weighted by atomic mass is 9.75. The molecule has 1 aliphatic carbocycles. The van der Waals surface area contributed by atoms with Gasteiger partial charge in [0.25, 0.3) is 0 Å². The van der Waals surface area contributed by atoms with Crippen LogP contribution in [0.3, 0.4) is 0 Å². The average Bonchev–Trinajstić information content (AvgIpc) is 2.86. The molecule has 2 aromatic rings. The van der Waals surface area contributed by atoms with E-state index in [1.807, 2.05) is 24.3 Å². The largest absolute Gasteiger partial charge is 0.314 e. The zero-order valence-electron chi connectivity index (χ0n) is 14.0. The number of benzene rings is 1. The van der Waals surface area contributed by atoms with Crippen molar-refractivity contribution in [2.75, 3.05) is 0 Å². The number of thiophene rings is 1. The van der Waals surface area contributed by atoms with Crippen LogP contribution in [-0.4, -0.2) is 11.6 Å². The van der Waals surface area contributed by atoms with Gasteiger partial charge in [0.2, 0.25) is 0 Å². The second-order valence-corrected chi connectivity index (χ2v) is 8.32. The molecule has 0 unspecified atom stereocenters. The highest BCUT2D eigenvalue weighted by Crippen LogP contribution is 2.45. The summed E-state index contributed by atoms with van der Waals surface area (Å²) < 4.78 is 4.99. The first-order chi connectivity index (χ1) is 11.3. The molecule has 0 atom stereocenters. The van der Waals surface area contributed by atoms with Gasteiger partial charge in [-0.1, -0.05) is 38.1 Å². The van der Waals surface area contributed by atoms with Gasteiger partial charge in [0.1, 0.15) is 0 Å². The number of carbonyl (C=O) groups is 2. The van der Waals surface area contributed by atoms with Crippen molar-refractivity contribution in [2.45, 2.75) is 40.2 Å². The predicted molar refractivity (Wildman–Crippen MR) is 100.0 cm³/mol. The van der Waals surface area contributed by atoms with Crippen LogP contribution in [0.2, 0.25) is 0 Å². The Morgan fingerprint density at radius 3 is 2.62 bits per heavy atom. The van der Waals surface area contributed by atoms with Gasteiger partial charge in [0, 0.05) is 16.9 Å². The molecule has 0 N–H and O–H groups in total. The van der Waals surface area contributed by atoms with Gasteiger partial charge in [-0.15, -0.1) is 11.3 Å². The minimum Gasteiger partial charge on any atom is -0.314 e. The molecule has 1 aromatic carbocycles. The maximum absolute atomic E-state index is 12.6. The Balaban J connectivity index is 2.25. The van der Waals surface area contributed by atoms with Gasteiger partial charge in [-0.2, -0.15) is 0 Å². The molecule has 24 heavy (non-hydrogen) atoms. The van der Waals surface area contributed by atoms with E-state index in [9.17, 15) is 9.59 Å². The molecule has 1 heterocycles. The van der Waals surface area contributed by atoms with Crippen LogP contribution in [0.4, 0.5) is 0 Å². The summed E-state index contributed by atoms with van der Waals surface area (Å²) in [6.45, 7) is 6.09. The van der Waals surface area contributed by atoms with Crippen molar-refractivity contribution in [1.82, 2.24) is 0 Å². The summed E-state index contributed by atoms with van der Waals surface area (Å²) >= 11 is 5.29. The normalized spacial score (nSPS) is 16.1. The highest BCUT2D eigenvalue weighted by molar-refractivity contribution is 7.75. The Bertz CT molecular complexity index is 818. The fourth-order valence-corrected chi connectivity index (χ4v) is 4.92. The monoisotopic (exact) mass is 360 g/mol. The number of ketones is 2. The molecule has 3 nitrogen and oxygen atoms in total. The number of Topliss-reactive ketones (excluding diaryl/α,β-unsaturated/α-hetero) is 2. The summed E-state index contributed by atoms with van der Waals surface area (Å²) in [6.07, 6.45) is 1.28. The fraction of sp³-hybridized carbons (Fsp3) is 0.368. The summed E-state index contributed by atoms with van der Waals surface area (Å²) in [4.78, 5) is 26.6. The quantitative estimate of drug-likeness (QED) is 0.467. The zero-order chi connectivity index (χ0) is 17.5. The molecule has 0 saturated carbocycles. The van der Waals surface area contributed by atoms with Gasteiger partial charge in [-0.3, -0.25) is 9.59 Å². The number of thiol groups is 1. The summed E-state index contributed by atoms with van der Waals surface area (Å²) in [7, 11) is 0. The molecular formula is C19H20O3S2. The Labute approximate surface area is 151 Å². The van der Waals surface area contributed by atoms with E-state index in [4.69, 9.17) is 4.18 Å². The predicted octanol–water partition coefficient (Wildman–Crippen LogP) is 5.13. The molecule has 0 bridgehead atoms. The van der Waals surface area contributed by atoms with Crippen molar-refractivity contribution in [2.24, 2.45) is 5.41 Å². The third-order valence-electron chi connectivity index (χ3n) is 4.39. The van der Waals surface area contributed by atoms with Crippen molar-refractivity contribution >= 4 is 35.8 Å². The highest BCUT2D eigenvalue weighted by Gasteiger charge is 2.36. The SMILES string of the molecule is CC(=O)c1c(-c2ccccc2COS)sc2c1CC(C)(C)CC2=O. The van der Waals surface area contributed by atoms with E-state index >= 15 is 0 Å². The van der Waals surface area contributed by atoms with E-state index in [1.54, 1.807) is 6.92 Å². The lowest BCUT2D eigenvalue weighted by Crippen LogP contribution is -2.26. The number of fused-ring (bicyclic) bond motifs is 1. The second kappa shape index (κ2) is 6.47. The van der Waals surface area contributed by atoms with E-state index in [0.717, 1.165) is 32.9 Å². The van der Waals surface area contributed by atoms with E-state index in [-0.39, 0.29) is 17.0 Å². The van der Waals surface area contributed by atoms with Crippen molar-refractivity contribution < 1.29 is 13.8 Å². The molecule has 0 amide bonds. The van der Waals surface area contributed by atoms with E-state index in [0.29, 0.717) is 18.6 Å². The first kappa shape index (κ1) is 17.4. The van der Waals surface area contributed by atoms with Gasteiger partial charge in [0.05, 0.1) is 11.5 Å². The summed E-state index contributed by atoms with van der Waals surface area (Å²) in [5.74, 6) is 0.150. The third kappa shape index (κ3) is 3.08. The van der Waals surface area contributed by atoms with Crippen LogP contribution in [-0.2, 0) is 17.2 Å². The minimum absolute atomic E-state index is 0.00888. The van der Waals surface area contributed by atoms with Crippen LogP contribution < -0.4 is 0 Å². The van der Waals surface area contributed by atoms with E-state index in [1.165, 1.54) is 11.3 Å². The molecule has 5 heteroatoms. The minimum atomic E-state index is -0.111. The number of hydrogen-bond acceptors (Lipinski definition) is 5. The van der Waals surface area contributed by atoms with Crippen molar-refractivity contribution in [3.05, 3.63) is 45.8 Å². The molecular weight excluding hydrogens is 340 g/mol. The maximum atomic E-state index is 12.6. The Morgan fingerprint density at radius 1 is 1.25 bits per heavy atom. The van der Waals surface area contributed by atoms with Crippen molar-refractivity contribution in [1.29, 1.82) is 0 Å². The van der Waals surface area contributed by atoms with E-state index < -0.39 is 0 Å². The smallest absolute Gasteiger partial charge is 0.173 e. The number of rotatable bonds is 4. The zero-order valence-corrected chi connectivity index (χ0v) is 15.7. The van der Waals surface area contributed by atoms with E-state index in [2.05, 4.69) is 26.8 Å². The molecule has 3 rings (SSSR count). The first-order valence-corrected chi connectivity index (χ1v) is 9.06. The van der Waals surface area contributed by atoms with Gasteiger partial charge in [-0.25, -0.2) is 0 Å². The second-order valence-electron chi connectivity index (χ2n) is 7.04. The molecule has 0 saturated heterocycles. The number of carbonyl (C=O) groups excluding carboxylic acids is 2. The van der Waals surface area contributed by atoms with Crippen LogP contribution in [0.15, 0.2) is 24.3 Å². The molecule has 0 fully saturated rings. The molecule has 0 aliphatic heterocycles. The summed E-state index contributed by atoms with van der Waals surface area (Å²) in [5, 5.41) is 0. The van der Waals surface area contributed by atoms with Gasteiger partial charge < -0.3 is 4.18 Å². The van der Waals surface area contributed by atoms with Crippen LogP contribution in [0.1, 0.15) is 58.3 Å². The van der Waals surface area contributed by atoms with Crippen LogP contribution in [0.25, 0.3) is 10.4 Å². The van der Waals surface area contributed by atoms with Crippen LogP contribution in [0, 0.1) is 5.41 Å². The lowest BCUT2D eigenvalue weighted by molar-refractivity contribution is 0.0917.